The summed E-state index contributed by atoms with van der Waals surface area (Å²) in [6.45, 7) is 5.03. The zero-order chi connectivity index (χ0) is 82.6. The summed E-state index contributed by atoms with van der Waals surface area (Å²) in [6, 6.07) is 27.0. The maximum atomic E-state index is 16.0. The van der Waals surface area contributed by atoms with E-state index in [0.717, 1.165) is 263 Å². The smallest absolute Gasteiger partial charge is 0.276 e. The number of rotatable bonds is 6. The second-order valence-corrected chi connectivity index (χ2v) is 47.2. The van der Waals surface area contributed by atoms with Gasteiger partial charge in [0.15, 0.2) is 0 Å². The summed E-state index contributed by atoms with van der Waals surface area (Å²) in [5.74, 6) is 29.3. The summed E-state index contributed by atoms with van der Waals surface area (Å²) in [5.41, 5.74) is 19.5. The van der Waals surface area contributed by atoms with E-state index < -0.39 is 4.92 Å². The van der Waals surface area contributed by atoms with Crippen LogP contribution in [0.1, 0.15) is 191 Å². The lowest BCUT2D eigenvalue weighted by Crippen LogP contribution is -2.66. The van der Waals surface area contributed by atoms with Crippen molar-refractivity contribution in [2.45, 2.75) is 193 Å². The number of aromatic nitrogens is 4. The van der Waals surface area contributed by atoms with Crippen molar-refractivity contribution in [1.29, 1.82) is 0 Å². The van der Waals surface area contributed by atoms with Gasteiger partial charge in [0, 0.05) is 117 Å². The van der Waals surface area contributed by atoms with Gasteiger partial charge in [-0.2, -0.15) is 0 Å². The van der Waals surface area contributed by atoms with E-state index in [2.05, 4.69) is 46.2 Å². The quantitative estimate of drug-likeness (QED) is 0.0523. The molecule has 18 fully saturated rings. The molecule has 16 saturated carbocycles. The molecule has 0 amide bonds. The maximum Gasteiger partial charge on any atom is 0.276 e. The van der Waals surface area contributed by atoms with Gasteiger partial charge in [0.1, 0.15) is 11.3 Å². The number of nitro groups is 2. The number of anilines is 2. The maximum absolute atomic E-state index is 16.0. The molecule has 644 valence electrons. The van der Waals surface area contributed by atoms with Gasteiger partial charge < -0.3 is 11.5 Å². The fraction of sp³-hybridized carbons (Fsp3) is 0.600. The van der Waals surface area contributed by atoms with Crippen molar-refractivity contribution in [3.05, 3.63) is 137 Å². The number of likely N-dealkylation sites (tertiary alicyclic amines) is 2. The fourth-order valence-electron chi connectivity index (χ4n) is 41.4. The Morgan fingerprint density at radius 1 is 0.310 bits per heavy atom. The molecular weight excluding hydrogens is 1560 g/mol. The van der Waals surface area contributed by atoms with Crippen LogP contribution in [-0.4, -0.2) is 64.6 Å². The van der Waals surface area contributed by atoms with Crippen LogP contribution in [0.15, 0.2) is 94.5 Å². The highest BCUT2D eigenvalue weighted by molar-refractivity contribution is 6.41. The average molecular weight is 1680 g/mol. The van der Waals surface area contributed by atoms with E-state index in [4.69, 9.17) is 21.4 Å². The normalized spacial score (nSPS) is 40.6. The Kier molecular flexibility index (Phi) is 15.0. The molecule has 20 atom stereocenters. The Bertz CT molecular complexity index is 6980. The predicted octanol–water partition coefficient (Wildman–Crippen LogP) is 23.0. The Hall–Kier alpha value is -8.60. The number of nitrogen functional groups attached to an aromatic ring is 2. The molecule has 31 rings (SSSR count). The van der Waals surface area contributed by atoms with Crippen LogP contribution in [0.25, 0.3) is 120 Å². The number of piperidine rings is 2. The highest BCUT2D eigenvalue weighted by Gasteiger charge is 2.70. The second-order valence-electron chi connectivity index (χ2n) is 47.2. The van der Waals surface area contributed by atoms with Gasteiger partial charge in [-0.05, 0) is 404 Å². The van der Waals surface area contributed by atoms with E-state index in [9.17, 15) is 20.2 Å². The minimum absolute atomic E-state index is 0.0920. The van der Waals surface area contributed by atoms with Crippen LogP contribution in [0.2, 0.25) is 0 Å². The van der Waals surface area contributed by atoms with Crippen molar-refractivity contribution in [2.75, 3.05) is 37.6 Å². The van der Waals surface area contributed by atoms with Crippen LogP contribution < -0.4 is 22.6 Å². The summed E-state index contributed by atoms with van der Waals surface area (Å²) in [6.07, 6.45) is 41.0. The third-order valence-electron chi connectivity index (χ3n) is 44.0. The first-order valence-corrected chi connectivity index (χ1v) is 51.4. The van der Waals surface area contributed by atoms with Crippen molar-refractivity contribution in [1.82, 2.24) is 28.6 Å². The summed E-state index contributed by atoms with van der Waals surface area (Å²) >= 11 is 0. The molecule has 20 unspecified atom stereocenters. The third-order valence-corrected chi connectivity index (χ3v) is 44.0. The van der Waals surface area contributed by atoms with Crippen LogP contribution in [0.4, 0.5) is 22.7 Å². The molecule has 16 nitrogen and oxygen atoms in total. The molecule has 126 heavy (non-hydrogen) atoms. The standard InChI is InChI=1S/C110H118N10O6/c111-55-37-81-83(47-115-43-51-13-17-61-69-25-21-65-57-9-1-5-49-6-2-10-58(93(49)57)66-22-26-70(99(69)97(65)66)62-18-14-52(44-115)91(51)95(61)62)85(112)41-86-105(81)89(38-55)117-107(113-86)77-33-29-73-74-30-34-78-104-80(36-32-76(102(74)104)75-31-35-79(109(117)121)103(77)101(73)75)110(122)118-90-40-56(119(123)124)39-82-84(88(120(125)126)42-87(106(82)90)114-108(78)118)48-116-45-53-15-19-63-71-27-23-67-59-11-3-7-50-8-4-12-60(94(50)59)68-24-28-72(100(71)98(67)68)64-20-16-54(46-116)92(53)96(63)64/h29-42,49-54,57-72,91-100H,1-28,43-48,111-112H2. The van der Waals surface area contributed by atoms with Gasteiger partial charge >= 0.3 is 0 Å². The van der Waals surface area contributed by atoms with Crippen LogP contribution in [0, 0.1) is 210 Å². The summed E-state index contributed by atoms with van der Waals surface area (Å²) in [5, 5.41) is 39.6. The number of nitro benzene ring substituents is 2. The van der Waals surface area contributed by atoms with Crippen molar-refractivity contribution >= 4 is 142 Å². The number of nitrogens with two attached hydrogens (primary N) is 2. The highest BCUT2D eigenvalue weighted by atomic mass is 16.6. The highest BCUT2D eigenvalue weighted by Crippen LogP contribution is 2.76. The lowest BCUT2D eigenvalue weighted by Gasteiger charge is -2.71. The van der Waals surface area contributed by atoms with Gasteiger partial charge in [0.2, 0.25) is 0 Å². The molecule has 0 spiro atoms. The molecule has 18 aliphatic rings. The van der Waals surface area contributed by atoms with Crippen molar-refractivity contribution in [3.63, 3.8) is 0 Å². The molecule has 0 bridgehead atoms. The number of pyridine rings is 2. The summed E-state index contributed by atoms with van der Waals surface area (Å²) in [7, 11) is 0. The van der Waals surface area contributed by atoms with E-state index in [0.29, 0.717) is 102 Å². The van der Waals surface area contributed by atoms with Crippen molar-refractivity contribution in [2.24, 2.45) is 189 Å². The largest absolute Gasteiger partial charge is 0.399 e. The first kappa shape index (κ1) is 73.2. The van der Waals surface area contributed by atoms with Gasteiger partial charge in [-0.1, -0.05) is 75.6 Å². The molecule has 4 N–H and O–H groups in total. The molecule has 0 radical (unpaired) electrons. The molecule has 16 heteroatoms. The predicted molar refractivity (Wildman–Crippen MR) is 499 cm³/mol. The molecule has 16 aliphatic carbocycles. The van der Waals surface area contributed by atoms with Gasteiger partial charge in [-0.15, -0.1) is 0 Å². The molecule has 2 saturated heterocycles. The Morgan fingerprint density at radius 2 is 0.635 bits per heavy atom. The van der Waals surface area contributed by atoms with Crippen molar-refractivity contribution in [3.8, 4) is 0 Å². The van der Waals surface area contributed by atoms with Crippen LogP contribution in [0.5, 0.6) is 0 Å². The Morgan fingerprint density at radius 3 is 1.02 bits per heavy atom. The Balaban J connectivity index is 0.467. The minimum atomic E-state index is -0.415. The van der Waals surface area contributed by atoms with Gasteiger partial charge in [-0.25, -0.2) is 9.97 Å². The first-order chi connectivity index (χ1) is 61.8. The zero-order valence-electron chi connectivity index (χ0n) is 72.8. The van der Waals surface area contributed by atoms with E-state index in [1.807, 2.05) is 34.7 Å². The van der Waals surface area contributed by atoms with Gasteiger partial charge in [0.05, 0.1) is 37.5 Å². The molecule has 9 aromatic carbocycles. The van der Waals surface area contributed by atoms with Crippen LogP contribution in [0.3, 0.4) is 0 Å². The number of nitrogens with zero attached hydrogens (tertiary/aromatic N) is 8. The number of benzene rings is 9. The number of non-ortho nitro benzene ring substituents is 1. The summed E-state index contributed by atoms with van der Waals surface area (Å²) in [4.78, 5) is 74.9. The topological polar surface area (TPSA) is 214 Å². The van der Waals surface area contributed by atoms with Gasteiger partial charge in [0.25, 0.3) is 22.5 Å². The Labute approximate surface area is 733 Å². The molecule has 13 aromatic rings. The molecule has 2 aliphatic heterocycles. The number of fused-ring (bicyclic) bond motifs is 16. The van der Waals surface area contributed by atoms with E-state index in [1.54, 1.807) is 36.2 Å². The van der Waals surface area contributed by atoms with E-state index >= 15 is 9.59 Å². The molecule has 4 aromatic heterocycles. The van der Waals surface area contributed by atoms with E-state index in [-0.39, 0.29) is 33.1 Å². The average Bonchev–Trinajstić information content (AvgIpc) is 0.684. The van der Waals surface area contributed by atoms with Gasteiger partial charge in [-0.3, -0.25) is 48.4 Å². The lowest BCUT2D eigenvalue weighted by molar-refractivity contribution is -0.385. The molecule has 6 heterocycles. The minimum Gasteiger partial charge on any atom is -0.399 e. The number of hydrogen-bond acceptors (Lipinski definition) is 12. The zero-order valence-corrected chi connectivity index (χ0v) is 72.8. The van der Waals surface area contributed by atoms with Crippen molar-refractivity contribution < 1.29 is 9.85 Å². The second kappa shape index (κ2) is 25.7. The lowest BCUT2D eigenvalue weighted by atomic mass is 9.34. The van der Waals surface area contributed by atoms with E-state index in [1.165, 1.54) is 166 Å². The van der Waals surface area contributed by atoms with Crippen LogP contribution >= 0.6 is 0 Å². The fourth-order valence-corrected chi connectivity index (χ4v) is 41.4. The summed E-state index contributed by atoms with van der Waals surface area (Å²) < 4.78 is 3.36. The third kappa shape index (κ3) is 9.28. The van der Waals surface area contributed by atoms with Crippen LogP contribution in [-0.2, 0) is 13.1 Å². The SMILES string of the molecule is Nc1cc2c(CN3CC4CCC5C6CCC7C8CCCC9CCCC(C%10CCC(C%11CCC(C3)C4C5%11)C6C7%10)C98)c(N)cc3nc4c5ccc6c7ccc8c9c(ccc(c%10ccc(c(=O)n4c(c1)c32)c5c%106)c79)c(=O)n1c2cc([N+](=O)[O-])cc3c(CN4CC5CCC6C7CCC9C%10CCCC%11CCCC(C%12CCC(C%13CCC(C4)C5C6%13)C7C9%12)C%11%10)c([N+](=O)[O-])cc(nc81)c32. The monoisotopic (exact) mass is 1670 g/mol. The number of hydrogen-bond donors (Lipinski definition) is 2. The first-order valence-electron chi connectivity index (χ1n) is 51.4. The molecular formula is C110H118N10O6.